The topological polar surface area (TPSA) is 39.7 Å². The molecule has 1 aliphatic heterocycles. The molecule has 4 nitrogen and oxygen atoms in total. The molecule has 1 heterocycles. The zero-order chi connectivity index (χ0) is 14.7. The van der Waals surface area contributed by atoms with Gasteiger partial charge in [0.25, 0.3) is 0 Å². The predicted octanol–water partition coefficient (Wildman–Crippen LogP) is 3.39. The minimum absolute atomic E-state index is 0.607. The third-order valence-electron chi connectivity index (χ3n) is 3.45. The van der Waals surface area contributed by atoms with Crippen LogP contribution in [0.15, 0.2) is 36.4 Å². The van der Waals surface area contributed by atoms with Crippen LogP contribution in [0.2, 0.25) is 0 Å². The van der Waals surface area contributed by atoms with Gasteiger partial charge in [-0.2, -0.15) is 0 Å². The standard InChI is InChI=1S/C17H19NO3/c1-12-3-5-14(16(9-12)19-2)18-11-13-4-6-15-17(10-13)21-8-7-20-15/h3-6,9-10,18H,7-8,11H2,1-2H3. The zero-order valence-electron chi connectivity index (χ0n) is 12.3. The van der Waals surface area contributed by atoms with Gasteiger partial charge in [-0.15, -0.1) is 0 Å². The van der Waals surface area contributed by atoms with Crippen LogP contribution in [0.5, 0.6) is 17.2 Å². The molecule has 1 aliphatic rings. The molecule has 0 aliphatic carbocycles. The van der Waals surface area contributed by atoms with E-state index in [1.54, 1.807) is 7.11 Å². The summed E-state index contributed by atoms with van der Waals surface area (Å²) in [4.78, 5) is 0. The molecule has 0 aromatic heterocycles. The molecule has 3 rings (SSSR count). The molecule has 0 spiro atoms. The lowest BCUT2D eigenvalue weighted by atomic mass is 10.1. The number of anilines is 1. The third-order valence-corrected chi connectivity index (χ3v) is 3.45. The number of methoxy groups -OCH3 is 1. The van der Waals surface area contributed by atoms with E-state index in [2.05, 4.69) is 11.4 Å². The van der Waals surface area contributed by atoms with Crippen molar-refractivity contribution in [3.05, 3.63) is 47.5 Å². The fraction of sp³-hybridized carbons (Fsp3) is 0.294. The fourth-order valence-corrected chi connectivity index (χ4v) is 2.34. The number of benzene rings is 2. The van der Waals surface area contributed by atoms with Gasteiger partial charge in [-0.3, -0.25) is 0 Å². The molecular formula is C17H19NO3. The Morgan fingerprint density at radius 1 is 1.05 bits per heavy atom. The van der Waals surface area contributed by atoms with E-state index < -0.39 is 0 Å². The minimum Gasteiger partial charge on any atom is -0.495 e. The first-order valence-corrected chi connectivity index (χ1v) is 7.03. The molecular weight excluding hydrogens is 266 g/mol. The predicted molar refractivity (Wildman–Crippen MR) is 82.5 cm³/mol. The lowest BCUT2D eigenvalue weighted by molar-refractivity contribution is 0.171. The highest BCUT2D eigenvalue weighted by Crippen LogP contribution is 2.31. The van der Waals surface area contributed by atoms with E-state index >= 15 is 0 Å². The fourth-order valence-electron chi connectivity index (χ4n) is 2.34. The van der Waals surface area contributed by atoms with Crippen molar-refractivity contribution in [3.8, 4) is 17.2 Å². The summed E-state index contributed by atoms with van der Waals surface area (Å²) in [5.74, 6) is 2.49. The zero-order valence-corrected chi connectivity index (χ0v) is 12.3. The normalized spacial score (nSPS) is 12.9. The van der Waals surface area contributed by atoms with Gasteiger partial charge >= 0.3 is 0 Å². The summed E-state index contributed by atoms with van der Waals surface area (Å²) >= 11 is 0. The Bertz CT molecular complexity index is 640. The first-order valence-electron chi connectivity index (χ1n) is 7.03. The second-order valence-electron chi connectivity index (χ2n) is 5.04. The van der Waals surface area contributed by atoms with E-state index in [1.165, 1.54) is 5.56 Å². The van der Waals surface area contributed by atoms with Crippen molar-refractivity contribution in [3.63, 3.8) is 0 Å². The van der Waals surface area contributed by atoms with E-state index in [0.29, 0.717) is 19.8 Å². The molecule has 2 aromatic rings. The molecule has 0 fully saturated rings. The number of rotatable bonds is 4. The first-order chi connectivity index (χ1) is 10.3. The van der Waals surface area contributed by atoms with Gasteiger partial charge in [-0.05, 0) is 42.3 Å². The van der Waals surface area contributed by atoms with Gasteiger partial charge in [0.05, 0.1) is 12.8 Å². The van der Waals surface area contributed by atoms with Gasteiger partial charge in [-0.25, -0.2) is 0 Å². The Balaban J connectivity index is 1.73. The molecule has 0 atom stereocenters. The quantitative estimate of drug-likeness (QED) is 0.934. The van der Waals surface area contributed by atoms with Gasteiger partial charge in [0, 0.05) is 6.54 Å². The number of nitrogens with one attached hydrogen (secondary N) is 1. The van der Waals surface area contributed by atoms with Gasteiger partial charge in [0.15, 0.2) is 11.5 Å². The minimum atomic E-state index is 0.607. The summed E-state index contributed by atoms with van der Waals surface area (Å²) in [6.45, 7) is 3.98. The van der Waals surface area contributed by atoms with Crippen molar-refractivity contribution in [1.29, 1.82) is 0 Å². The van der Waals surface area contributed by atoms with Crippen LogP contribution in [0, 0.1) is 6.92 Å². The van der Waals surface area contributed by atoms with Crippen molar-refractivity contribution < 1.29 is 14.2 Å². The van der Waals surface area contributed by atoms with Crippen molar-refractivity contribution in [2.75, 3.05) is 25.6 Å². The van der Waals surface area contributed by atoms with Crippen molar-refractivity contribution >= 4 is 5.69 Å². The lowest BCUT2D eigenvalue weighted by Crippen LogP contribution is -2.15. The highest BCUT2D eigenvalue weighted by Gasteiger charge is 2.11. The number of ether oxygens (including phenoxy) is 3. The van der Waals surface area contributed by atoms with Crippen LogP contribution in [0.4, 0.5) is 5.69 Å². The number of fused-ring (bicyclic) bond motifs is 1. The highest BCUT2D eigenvalue weighted by molar-refractivity contribution is 5.58. The molecule has 0 bridgehead atoms. The summed E-state index contributed by atoms with van der Waals surface area (Å²) in [6.07, 6.45) is 0. The molecule has 0 unspecified atom stereocenters. The molecule has 0 saturated heterocycles. The summed E-state index contributed by atoms with van der Waals surface area (Å²) in [6, 6.07) is 12.1. The molecule has 0 amide bonds. The molecule has 0 radical (unpaired) electrons. The van der Waals surface area contributed by atoms with Gasteiger partial charge in [-0.1, -0.05) is 12.1 Å². The van der Waals surface area contributed by atoms with Gasteiger partial charge < -0.3 is 19.5 Å². The molecule has 1 N–H and O–H groups in total. The van der Waals surface area contributed by atoms with E-state index in [1.807, 2.05) is 37.3 Å². The maximum absolute atomic E-state index is 5.60. The maximum atomic E-state index is 5.60. The third kappa shape index (κ3) is 3.05. The second kappa shape index (κ2) is 5.95. The molecule has 21 heavy (non-hydrogen) atoms. The van der Waals surface area contributed by atoms with E-state index in [-0.39, 0.29) is 0 Å². The van der Waals surface area contributed by atoms with Crippen LogP contribution in [0.1, 0.15) is 11.1 Å². The summed E-state index contributed by atoms with van der Waals surface area (Å²) in [5.41, 5.74) is 3.30. The lowest BCUT2D eigenvalue weighted by Gasteiger charge is -2.19. The summed E-state index contributed by atoms with van der Waals surface area (Å²) < 4.78 is 16.5. The Kier molecular flexibility index (Phi) is 3.86. The van der Waals surface area contributed by atoms with Crippen LogP contribution in [0.25, 0.3) is 0 Å². The van der Waals surface area contributed by atoms with Crippen LogP contribution in [-0.2, 0) is 6.54 Å². The second-order valence-corrected chi connectivity index (χ2v) is 5.04. The van der Waals surface area contributed by atoms with Gasteiger partial charge in [0.1, 0.15) is 19.0 Å². The van der Waals surface area contributed by atoms with Crippen LogP contribution in [-0.4, -0.2) is 20.3 Å². The summed E-state index contributed by atoms with van der Waals surface area (Å²) in [5, 5.41) is 3.39. The number of aryl methyl sites for hydroxylation is 1. The van der Waals surface area contributed by atoms with Crippen LogP contribution in [0.3, 0.4) is 0 Å². The molecule has 4 heteroatoms. The van der Waals surface area contributed by atoms with Crippen molar-refractivity contribution in [1.82, 2.24) is 0 Å². The van der Waals surface area contributed by atoms with Crippen molar-refractivity contribution in [2.45, 2.75) is 13.5 Å². The largest absolute Gasteiger partial charge is 0.495 e. The Morgan fingerprint density at radius 3 is 2.67 bits per heavy atom. The van der Waals surface area contributed by atoms with Crippen LogP contribution < -0.4 is 19.5 Å². The molecule has 110 valence electrons. The maximum Gasteiger partial charge on any atom is 0.161 e. The van der Waals surface area contributed by atoms with Crippen molar-refractivity contribution in [2.24, 2.45) is 0 Å². The SMILES string of the molecule is COc1cc(C)ccc1NCc1ccc2c(c1)OCCO2. The number of hydrogen-bond donors (Lipinski definition) is 1. The highest BCUT2D eigenvalue weighted by atomic mass is 16.6. The smallest absolute Gasteiger partial charge is 0.161 e. The monoisotopic (exact) mass is 285 g/mol. The van der Waals surface area contributed by atoms with Gasteiger partial charge in [0.2, 0.25) is 0 Å². The van der Waals surface area contributed by atoms with E-state index in [4.69, 9.17) is 14.2 Å². The molecule has 0 saturated carbocycles. The van der Waals surface area contributed by atoms with E-state index in [0.717, 1.165) is 28.5 Å². The Labute approximate surface area is 124 Å². The average Bonchev–Trinajstić information content (AvgIpc) is 2.53. The average molecular weight is 285 g/mol. The van der Waals surface area contributed by atoms with Crippen LogP contribution >= 0.6 is 0 Å². The first kappa shape index (κ1) is 13.6. The number of hydrogen-bond acceptors (Lipinski definition) is 4. The summed E-state index contributed by atoms with van der Waals surface area (Å²) in [7, 11) is 1.68. The van der Waals surface area contributed by atoms with E-state index in [9.17, 15) is 0 Å². The Hall–Kier alpha value is -2.36. The Morgan fingerprint density at radius 2 is 1.86 bits per heavy atom. The molecule has 2 aromatic carbocycles.